The molecule has 0 saturated carbocycles. The number of Topliss-reactive ketones (excluding diaryl/α,β-unsaturated/α-hetero) is 1. The molecule has 4 rings (SSSR count). The lowest BCUT2D eigenvalue weighted by Gasteiger charge is -2.36. The first kappa shape index (κ1) is 15.4. The number of halogens is 1. The molecule has 0 saturated heterocycles. The number of allylic oxidation sites excluding steroid dienone is 2. The number of nitrogens with one attached hydrogen (secondary N) is 1. The molecule has 1 aromatic carbocycles. The molecule has 0 radical (unpaired) electrons. The van der Waals surface area contributed by atoms with Crippen molar-refractivity contribution in [2.75, 3.05) is 11.1 Å². The molecule has 0 bridgehead atoms. The Morgan fingerprint density at radius 1 is 1.38 bits per heavy atom. The third-order valence-corrected chi connectivity index (χ3v) is 5.09. The van der Waals surface area contributed by atoms with Crippen molar-refractivity contribution < 1.29 is 9.18 Å². The molecule has 5 nitrogen and oxygen atoms in total. The van der Waals surface area contributed by atoms with E-state index in [1.165, 1.54) is 12.1 Å². The molecule has 1 aromatic heterocycles. The van der Waals surface area contributed by atoms with Crippen molar-refractivity contribution in [3.05, 3.63) is 47.4 Å². The minimum atomic E-state index is -0.321. The highest BCUT2D eigenvalue weighted by molar-refractivity contribution is 7.99. The van der Waals surface area contributed by atoms with Crippen molar-refractivity contribution >= 4 is 23.5 Å². The zero-order valence-corrected chi connectivity index (χ0v) is 14.0. The number of anilines is 1. The van der Waals surface area contributed by atoms with E-state index in [4.69, 9.17) is 0 Å². The largest absolute Gasteiger partial charge is 0.328 e. The Labute approximate surface area is 143 Å². The fourth-order valence-corrected chi connectivity index (χ4v) is 3.89. The van der Waals surface area contributed by atoms with Gasteiger partial charge in [-0.1, -0.05) is 36.9 Å². The molecule has 2 atom stereocenters. The number of nitrogens with zero attached hydrogens (tertiary/aromatic N) is 3. The van der Waals surface area contributed by atoms with Gasteiger partial charge in [-0.05, 0) is 29.9 Å². The molecule has 0 spiro atoms. The second kappa shape index (κ2) is 6.05. The van der Waals surface area contributed by atoms with Crippen LogP contribution in [0, 0.1) is 11.7 Å². The fraction of sp³-hybridized carbons (Fsp3) is 0.353. The maximum Gasteiger partial charge on any atom is 0.227 e. The summed E-state index contributed by atoms with van der Waals surface area (Å²) in [6.07, 6.45) is 3.32. The summed E-state index contributed by atoms with van der Waals surface area (Å²) in [4.78, 5) is 17.1. The molecular formula is C17H17FN4OS. The molecule has 2 aromatic rings. The Morgan fingerprint density at radius 3 is 2.92 bits per heavy atom. The maximum atomic E-state index is 13.3. The van der Waals surface area contributed by atoms with E-state index in [1.54, 1.807) is 28.6 Å². The van der Waals surface area contributed by atoms with Crippen LogP contribution in [0.1, 0.15) is 31.4 Å². The molecule has 1 aliphatic heterocycles. The third-order valence-electron chi connectivity index (χ3n) is 4.37. The molecule has 0 unspecified atom stereocenters. The van der Waals surface area contributed by atoms with Gasteiger partial charge in [0, 0.05) is 12.1 Å². The van der Waals surface area contributed by atoms with E-state index in [0.29, 0.717) is 17.5 Å². The van der Waals surface area contributed by atoms with Gasteiger partial charge in [-0.2, -0.15) is 4.98 Å². The fourth-order valence-electron chi connectivity index (χ4n) is 3.34. The highest BCUT2D eigenvalue weighted by Crippen LogP contribution is 2.41. The van der Waals surface area contributed by atoms with Gasteiger partial charge in [-0.3, -0.25) is 4.79 Å². The Morgan fingerprint density at radius 2 is 2.17 bits per heavy atom. The van der Waals surface area contributed by atoms with Gasteiger partial charge in [-0.15, -0.1) is 5.10 Å². The average Bonchev–Trinajstić information content (AvgIpc) is 2.96. The number of carbonyl (C=O) groups is 1. The second-order valence-corrected chi connectivity index (χ2v) is 7.09. The number of hydrogen-bond donors (Lipinski definition) is 1. The van der Waals surface area contributed by atoms with Crippen LogP contribution >= 0.6 is 11.8 Å². The lowest BCUT2D eigenvalue weighted by atomic mass is 9.81. The summed E-state index contributed by atoms with van der Waals surface area (Å²) in [5.74, 6) is 1.07. The van der Waals surface area contributed by atoms with Crippen LogP contribution in [0.2, 0.25) is 0 Å². The number of ketones is 1. The summed E-state index contributed by atoms with van der Waals surface area (Å²) in [7, 11) is 0. The van der Waals surface area contributed by atoms with E-state index in [9.17, 15) is 9.18 Å². The summed E-state index contributed by atoms with van der Waals surface area (Å²) in [5, 5.41) is 8.52. The summed E-state index contributed by atoms with van der Waals surface area (Å²) >= 11 is 1.56. The first-order chi connectivity index (χ1) is 11.7. The Balaban J connectivity index is 1.86. The van der Waals surface area contributed by atoms with Gasteiger partial charge in [0.25, 0.3) is 0 Å². The number of thioether (sulfide) groups is 1. The number of rotatable bonds is 3. The Kier molecular flexibility index (Phi) is 3.88. The highest BCUT2D eigenvalue weighted by Gasteiger charge is 2.41. The lowest BCUT2D eigenvalue weighted by molar-refractivity contribution is -0.123. The van der Waals surface area contributed by atoms with E-state index in [2.05, 4.69) is 21.5 Å². The minimum Gasteiger partial charge on any atom is -0.328 e. The lowest BCUT2D eigenvalue weighted by Crippen LogP contribution is -2.38. The number of hydrogen-bond acceptors (Lipinski definition) is 5. The first-order valence-corrected chi connectivity index (χ1v) is 9.00. The first-order valence-electron chi connectivity index (χ1n) is 8.02. The topological polar surface area (TPSA) is 59.8 Å². The number of benzene rings is 1. The van der Waals surface area contributed by atoms with Gasteiger partial charge in [0.05, 0.1) is 12.0 Å². The number of carbonyl (C=O) groups excluding carboxylic acids is 1. The highest BCUT2D eigenvalue weighted by atomic mass is 32.2. The van der Waals surface area contributed by atoms with Crippen LogP contribution in [0.25, 0.3) is 0 Å². The zero-order valence-electron chi connectivity index (χ0n) is 13.2. The van der Waals surface area contributed by atoms with Crippen LogP contribution in [0.15, 0.2) is 41.2 Å². The van der Waals surface area contributed by atoms with Crippen molar-refractivity contribution in [1.82, 2.24) is 14.8 Å². The molecule has 124 valence electrons. The van der Waals surface area contributed by atoms with Crippen LogP contribution in [0.4, 0.5) is 10.3 Å². The van der Waals surface area contributed by atoms with E-state index >= 15 is 0 Å². The summed E-state index contributed by atoms with van der Waals surface area (Å²) in [5.41, 5.74) is 1.75. The van der Waals surface area contributed by atoms with Crippen LogP contribution < -0.4 is 5.32 Å². The van der Waals surface area contributed by atoms with Crippen LogP contribution in [0.3, 0.4) is 0 Å². The molecule has 0 fully saturated rings. The normalized spacial score (nSPS) is 22.4. The van der Waals surface area contributed by atoms with Gasteiger partial charge in [0.1, 0.15) is 11.6 Å². The molecule has 7 heteroatoms. The van der Waals surface area contributed by atoms with Crippen molar-refractivity contribution in [1.29, 1.82) is 0 Å². The van der Waals surface area contributed by atoms with Crippen LogP contribution in [0.5, 0.6) is 0 Å². The van der Waals surface area contributed by atoms with E-state index in [-0.39, 0.29) is 23.6 Å². The van der Waals surface area contributed by atoms with E-state index in [1.807, 2.05) is 6.92 Å². The SMILES string of the molecule is CCSc1nc2n(n1)[C@@H](c1ccc(F)cc1)[C@@H]1C(=O)CCC=C1N2. The Hall–Kier alpha value is -2.15. The predicted molar refractivity (Wildman–Crippen MR) is 90.4 cm³/mol. The number of aromatic nitrogens is 3. The van der Waals surface area contributed by atoms with Gasteiger partial charge < -0.3 is 5.32 Å². The van der Waals surface area contributed by atoms with Gasteiger partial charge in [-0.25, -0.2) is 9.07 Å². The summed E-state index contributed by atoms with van der Waals surface area (Å²) in [6.45, 7) is 2.04. The molecule has 2 aliphatic rings. The summed E-state index contributed by atoms with van der Waals surface area (Å²) in [6, 6.07) is 6.00. The Bertz CT molecular complexity index is 814. The van der Waals surface area contributed by atoms with E-state index < -0.39 is 0 Å². The maximum absolute atomic E-state index is 13.3. The monoisotopic (exact) mass is 344 g/mol. The molecule has 1 aliphatic carbocycles. The zero-order chi connectivity index (χ0) is 16.7. The van der Waals surface area contributed by atoms with E-state index in [0.717, 1.165) is 23.4 Å². The molecule has 24 heavy (non-hydrogen) atoms. The molecule has 1 N–H and O–H groups in total. The van der Waals surface area contributed by atoms with Crippen molar-refractivity contribution in [2.24, 2.45) is 5.92 Å². The van der Waals surface area contributed by atoms with Crippen molar-refractivity contribution in [2.45, 2.75) is 31.0 Å². The van der Waals surface area contributed by atoms with Gasteiger partial charge in [0.2, 0.25) is 11.1 Å². The smallest absolute Gasteiger partial charge is 0.227 e. The quantitative estimate of drug-likeness (QED) is 0.865. The van der Waals surface area contributed by atoms with Crippen LogP contribution in [-0.2, 0) is 4.79 Å². The van der Waals surface area contributed by atoms with Gasteiger partial charge in [0.15, 0.2) is 0 Å². The van der Waals surface area contributed by atoms with Crippen molar-refractivity contribution in [3.8, 4) is 0 Å². The average molecular weight is 344 g/mol. The van der Waals surface area contributed by atoms with Crippen molar-refractivity contribution in [3.63, 3.8) is 0 Å². The van der Waals surface area contributed by atoms with Gasteiger partial charge >= 0.3 is 0 Å². The molecule has 2 heterocycles. The predicted octanol–water partition coefficient (Wildman–Crippen LogP) is 3.41. The molecule has 0 amide bonds. The minimum absolute atomic E-state index is 0.181. The summed E-state index contributed by atoms with van der Waals surface area (Å²) < 4.78 is 15.1. The van der Waals surface area contributed by atoms with Crippen LogP contribution in [-0.4, -0.2) is 26.3 Å². The third kappa shape index (κ3) is 2.53. The number of fused-ring (bicyclic) bond motifs is 2. The second-order valence-electron chi connectivity index (χ2n) is 5.86. The standard InChI is InChI=1S/C17H17FN4OS/c1-2-24-17-20-16-19-12-4-3-5-13(23)14(12)15(22(16)21-17)10-6-8-11(18)9-7-10/h4,6-9,14-15H,2-3,5H2,1H3,(H,19,20,21)/t14-,15-/m0/s1. The molecular weight excluding hydrogens is 327 g/mol.